The molecule has 1 N–H and O–H groups in total. The molecule has 0 amide bonds. The molecule has 60 valence electrons. The first-order chi connectivity index (χ1) is 5.30. The van der Waals surface area contributed by atoms with Crippen LogP contribution in [0.4, 0.5) is 0 Å². The van der Waals surface area contributed by atoms with Crippen LogP contribution in [0.1, 0.15) is 0 Å². The molecule has 0 atom stereocenters. The summed E-state index contributed by atoms with van der Waals surface area (Å²) in [6.45, 7) is 0. The zero-order valence-corrected chi connectivity index (χ0v) is 7.23. The van der Waals surface area contributed by atoms with Crippen molar-refractivity contribution in [2.75, 3.05) is 0 Å². The summed E-state index contributed by atoms with van der Waals surface area (Å²) >= 11 is 0.700. The first kappa shape index (κ1) is 10.0. The number of carboxylic acids is 1. The van der Waals surface area contributed by atoms with Gasteiger partial charge in [-0.2, -0.15) is 0 Å². The van der Waals surface area contributed by atoms with Crippen LogP contribution >= 0.6 is 0 Å². The van der Waals surface area contributed by atoms with Gasteiger partial charge < -0.3 is 14.6 Å². The molecule has 0 aromatic rings. The summed E-state index contributed by atoms with van der Waals surface area (Å²) in [5.74, 6) is -1.35. The number of ether oxygens (including phenoxy) is 2. The van der Waals surface area contributed by atoms with E-state index in [-0.39, 0.29) is 5.76 Å². The van der Waals surface area contributed by atoms with Crippen LogP contribution in [0.15, 0.2) is 24.5 Å². The summed E-state index contributed by atoms with van der Waals surface area (Å²) in [5.41, 5.74) is 0. The first-order valence-corrected chi connectivity index (χ1v) is 3.20. The van der Waals surface area contributed by atoms with Gasteiger partial charge in [0, 0.05) is 0 Å². The average Bonchev–Trinajstić information content (AvgIpc) is 2.10. The second-order valence-corrected chi connectivity index (χ2v) is 1.31. The molecule has 1 heterocycles. The Kier molecular flexibility index (Phi) is 5.29. The maximum atomic E-state index is 10.0. The Hall–Kier alpha value is -0.962. The van der Waals surface area contributed by atoms with Crippen molar-refractivity contribution in [3.63, 3.8) is 0 Å². The van der Waals surface area contributed by atoms with E-state index < -0.39 is 5.97 Å². The summed E-state index contributed by atoms with van der Waals surface area (Å²) < 4.78 is 17.3. The first-order valence-electron chi connectivity index (χ1n) is 2.38. The molecule has 0 aromatic heterocycles. The van der Waals surface area contributed by atoms with Gasteiger partial charge in [-0.25, -0.2) is 4.79 Å². The van der Waals surface area contributed by atoms with Crippen molar-refractivity contribution in [3.8, 4) is 0 Å². The third-order valence-corrected chi connectivity index (χ3v) is 0.715. The second kappa shape index (κ2) is 5.80. The molecule has 0 fully saturated rings. The van der Waals surface area contributed by atoms with Gasteiger partial charge in [0.1, 0.15) is 18.8 Å². The minimum absolute atomic E-state index is 0.211. The number of hydrogen-bond acceptors (Lipinski definition) is 4. The van der Waals surface area contributed by atoms with Crippen LogP contribution in [0, 0.1) is 0 Å². The van der Waals surface area contributed by atoms with Crippen molar-refractivity contribution in [3.05, 3.63) is 24.5 Å². The fourth-order valence-electron chi connectivity index (χ4n) is 0.363. The number of rotatable bonds is 1. The van der Waals surface area contributed by atoms with Crippen LogP contribution in [-0.2, 0) is 37.4 Å². The molecule has 0 unspecified atom stereocenters. The quantitative estimate of drug-likeness (QED) is 0.667. The van der Waals surface area contributed by atoms with Crippen LogP contribution < -0.4 is 0 Å². The molecule has 11 heavy (non-hydrogen) atoms. The molecule has 0 aliphatic carbocycles. The fourth-order valence-corrected chi connectivity index (χ4v) is 0.363. The van der Waals surface area contributed by atoms with Gasteiger partial charge in [0.25, 0.3) is 0 Å². The van der Waals surface area contributed by atoms with Gasteiger partial charge >= 0.3 is 29.1 Å². The van der Waals surface area contributed by atoms with Crippen LogP contribution in [0.3, 0.4) is 0 Å². The van der Waals surface area contributed by atoms with E-state index in [1.54, 1.807) is 0 Å². The van der Waals surface area contributed by atoms with Gasteiger partial charge in [-0.1, -0.05) is 0 Å². The Labute approximate surface area is 73.5 Å². The average molecular weight is 240 g/mol. The summed E-state index contributed by atoms with van der Waals surface area (Å²) in [7, 11) is 0. The van der Waals surface area contributed by atoms with Gasteiger partial charge in [0.05, 0.1) is 0 Å². The molecule has 1 aliphatic rings. The molecular weight excluding hydrogens is 236 g/mol. The molecule has 0 radical (unpaired) electrons. The Bertz CT molecular complexity index is 197. The van der Waals surface area contributed by atoms with E-state index in [1.165, 1.54) is 6.26 Å². The van der Waals surface area contributed by atoms with Crippen LogP contribution in [-0.4, -0.2) is 11.1 Å². The summed E-state index contributed by atoms with van der Waals surface area (Å²) in [5, 5.41) is 8.23. The molecule has 0 saturated heterocycles. The van der Waals surface area contributed by atoms with Crippen molar-refractivity contribution < 1.29 is 42.5 Å². The second-order valence-electron chi connectivity index (χ2n) is 1.31. The van der Waals surface area contributed by atoms with Crippen molar-refractivity contribution in [1.82, 2.24) is 0 Å². The fraction of sp³-hybridized carbons (Fsp3) is 0. The Morgan fingerprint density at radius 3 is 2.36 bits per heavy atom. The van der Waals surface area contributed by atoms with Gasteiger partial charge in [-0.05, 0) is 0 Å². The predicted molar refractivity (Wildman–Crippen MR) is 27.7 cm³/mol. The van der Waals surface area contributed by atoms with Gasteiger partial charge in [0.2, 0.25) is 5.76 Å². The number of aliphatic carboxylic acids is 1. The molecule has 5 nitrogen and oxygen atoms in total. The van der Waals surface area contributed by atoms with Crippen LogP contribution in [0.5, 0.6) is 0 Å². The van der Waals surface area contributed by atoms with Crippen molar-refractivity contribution in [2.24, 2.45) is 0 Å². The van der Waals surface area contributed by atoms with E-state index in [4.69, 9.17) is 8.50 Å². The molecule has 0 spiro atoms. The third kappa shape index (κ3) is 3.67. The number of carbonyl (C=O) groups is 1. The summed E-state index contributed by atoms with van der Waals surface area (Å²) in [4.78, 5) is 10.0. The maximum absolute atomic E-state index is 10.0. The van der Waals surface area contributed by atoms with Crippen molar-refractivity contribution in [1.29, 1.82) is 0 Å². The van der Waals surface area contributed by atoms with E-state index >= 15 is 0 Å². The van der Waals surface area contributed by atoms with E-state index in [1.807, 2.05) is 0 Å². The van der Waals surface area contributed by atoms with Crippen molar-refractivity contribution in [2.45, 2.75) is 0 Å². The van der Waals surface area contributed by atoms with Gasteiger partial charge in [-0.15, -0.1) is 0 Å². The van der Waals surface area contributed by atoms with Gasteiger partial charge in [-0.3, -0.25) is 0 Å². The Morgan fingerprint density at radius 1 is 1.45 bits per heavy atom. The van der Waals surface area contributed by atoms with Crippen LogP contribution in [0.2, 0.25) is 0 Å². The summed E-state index contributed by atoms with van der Waals surface area (Å²) in [6.07, 6.45) is 3.41. The molecule has 0 bridgehead atoms. The monoisotopic (exact) mass is 242 g/mol. The number of carboxylic acid groups (broad SMARTS) is 1. The zero-order chi connectivity index (χ0) is 8.69. The molecule has 1 aliphatic heterocycles. The standard InChI is InChI=1S/C5H4O4.Mo.O/c6-5(7)4-3-8-1-2-9-4;;/h1-3H,(H,6,7);;. The van der Waals surface area contributed by atoms with E-state index in [0.29, 0.717) is 19.8 Å². The molecule has 0 aromatic carbocycles. The van der Waals surface area contributed by atoms with Crippen LogP contribution in [0.25, 0.3) is 0 Å². The normalized spacial score (nSPS) is 12.9. The van der Waals surface area contributed by atoms with E-state index in [9.17, 15) is 4.79 Å². The van der Waals surface area contributed by atoms with Gasteiger partial charge in [0.15, 0.2) is 0 Å². The molecule has 6 heteroatoms. The minimum atomic E-state index is -1.14. The third-order valence-electron chi connectivity index (χ3n) is 0.715. The number of hydrogen-bond donors (Lipinski definition) is 1. The van der Waals surface area contributed by atoms with Crippen molar-refractivity contribution >= 4 is 5.97 Å². The Balaban J connectivity index is 0.000000461. The topological polar surface area (TPSA) is 72.8 Å². The predicted octanol–water partition coefficient (Wildman–Crippen LogP) is 0.309. The SMILES string of the molecule is O=C(O)C1=COC=CO1.[O]=[Mo]. The molecule has 0 saturated carbocycles. The zero-order valence-electron chi connectivity index (χ0n) is 5.22. The van der Waals surface area contributed by atoms with E-state index in [0.717, 1.165) is 12.5 Å². The molecule has 1 rings (SSSR count). The summed E-state index contributed by atoms with van der Waals surface area (Å²) in [6, 6.07) is 0. The Morgan fingerprint density at radius 2 is 2.09 bits per heavy atom. The van der Waals surface area contributed by atoms with E-state index in [2.05, 4.69) is 9.47 Å². The molecular formula is C5H4MoO5.